The summed E-state index contributed by atoms with van der Waals surface area (Å²) in [4.78, 5) is 14.7. The zero-order valence-electron chi connectivity index (χ0n) is 14.5. The number of carbonyl (C=O) groups is 1. The largest absolute Gasteiger partial charge is 0.490 e. The van der Waals surface area contributed by atoms with Gasteiger partial charge in [-0.05, 0) is 76.2 Å². The molecule has 2 fully saturated rings. The van der Waals surface area contributed by atoms with Crippen molar-refractivity contribution in [2.24, 2.45) is 5.92 Å². The summed E-state index contributed by atoms with van der Waals surface area (Å²) in [5, 5.41) is 3.23. The number of nitrogens with one attached hydrogen (secondary N) is 1. The minimum absolute atomic E-state index is 0. The molecule has 1 N–H and O–H groups in total. The van der Waals surface area contributed by atoms with Crippen LogP contribution in [0.3, 0.4) is 0 Å². The molecule has 0 spiro atoms. The van der Waals surface area contributed by atoms with Gasteiger partial charge in [-0.25, -0.2) is 0 Å². The van der Waals surface area contributed by atoms with Crippen LogP contribution in [0, 0.1) is 5.92 Å². The molecule has 0 bridgehead atoms. The molecular formula is C19H29ClN2O2. The number of hydrogen-bond acceptors (Lipinski definition) is 3. The first-order chi connectivity index (χ1) is 11.3. The smallest absolute Gasteiger partial charge is 0.253 e. The van der Waals surface area contributed by atoms with Crippen molar-refractivity contribution in [3.05, 3.63) is 29.8 Å². The second-order valence-corrected chi connectivity index (χ2v) is 6.85. The lowest BCUT2D eigenvalue weighted by atomic mass is 9.96. The Bertz CT molecular complexity index is 524. The summed E-state index contributed by atoms with van der Waals surface area (Å²) in [6, 6.07) is 7.73. The van der Waals surface area contributed by atoms with E-state index < -0.39 is 0 Å². The van der Waals surface area contributed by atoms with Crippen molar-refractivity contribution in [3.8, 4) is 5.75 Å². The van der Waals surface area contributed by atoms with Gasteiger partial charge in [0.15, 0.2) is 0 Å². The predicted molar refractivity (Wildman–Crippen MR) is 99.1 cm³/mol. The van der Waals surface area contributed by atoms with Crippen LogP contribution in [0.1, 0.15) is 48.9 Å². The van der Waals surface area contributed by atoms with Crippen LogP contribution in [-0.2, 0) is 0 Å². The molecule has 0 unspecified atom stereocenters. The maximum absolute atomic E-state index is 12.7. The second-order valence-electron chi connectivity index (χ2n) is 6.85. The molecule has 24 heavy (non-hydrogen) atoms. The highest BCUT2D eigenvalue weighted by molar-refractivity contribution is 5.94. The normalized spacial score (nSPS) is 19.1. The molecular weight excluding hydrogens is 324 g/mol. The Hall–Kier alpha value is -1.26. The maximum atomic E-state index is 12.7. The Labute approximate surface area is 151 Å². The van der Waals surface area contributed by atoms with Crippen molar-refractivity contribution < 1.29 is 9.53 Å². The Morgan fingerprint density at radius 2 is 1.92 bits per heavy atom. The molecule has 1 aromatic carbocycles. The summed E-state index contributed by atoms with van der Waals surface area (Å²) >= 11 is 0. The van der Waals surface area contributed by atoms with Gasteiger partial charge >= 0.3 is 0 Å². The van der Waals surface area contributed by atoms with Crippen LogP contribution in [0.25, 0.3) is 0 Å². The molecule has 1 aliphatic heterocycles. The monoisotopic (exact) mass is 352 g/mol. The molecule has 2 aliphatic rings. The highest BCUT2D eigenvalue weighted by atomic mass is 35.5. The fourth-order valence-electron chi connectivity index (χ4n) is 3.71. The first kappa shape index (κ1) is 19.1. The van der Waals surface area contributed by atoms with E-state index in [0.717, 1.165) is 56.6 Å². The van der Waals surface area contributed by atoms with E-state index in [2.05, 4.69) is 5.32 Å². The van der Waals surface area contributed by atoms with Crippen LogP contribution in [0.5, 0.6) is 5.75 Å². The molecule has 1 saturated carbocycles. The minimum Gasteiger partial charge on any atom is -0.490 e. The first-order valence-electron chi connectivity index (χ1n) is 8.97. The summed E-state index contributed by atoms with van der Waals surface area (Å²) < 4.78 is 6.02. The maximum Gasteiger partial charge on any atom is 0.253 e. The Kier molecular flexibility index (Phi) is 7.38. The van der Waals surface area contributed by atoms with E-state index in [4.69, 9.17) is 4.74 Å². The lowest BCUT2D eigenvalue weighted by Crippen LogP contribution is -2.40. The highest BCUT2D eigenvalue weighted by Crippen LogP contribution is 2.25. The third kappa shape index (κ3) is 4.87. The molecule has 3 rings (SSSR count). The third-order valence-electron chi connectivity index (χ3n) is 5.08. The Morgan fingerprint density at radius 3 is 2.58 bits per heavy atom. The van der Waals surface area contributed by atoms with E-state index in [9.17, 15) is 4.79 Å². The number of hydrogen-bond donors (Lipinski definition) is 1. The van der Waals surface area contributed by atoms with Crippen molar-refractivity contribution in [1.29, 1.82) is 0 Å². The van der Waals surface area contributed by atoms with E-state index in [1.54, 1.807) is 0 Å². The van der Waals surface area contributed by atoms with Crippen LogP contribution in [0.15, 0.2) is 24.3 Å². The first-order valence-corrected chi connectivity index (χ1v) is 8.97. The van der Waals surface area contributed by atoms with Gasteiger partial charge in [-0.15, -0.1) is 12.4 Å². The Morgan fingerprint density at radius 1 is 1.21 bits per heavy atom. The topological polar surface area (TPSA) is 41.6 Å². The summed E-state index contributed by atoms with van der Waals surface area (Å²) in [6.45, 7) is 2.77. The summed E-state index contributed by atoms with van der Waals surface area (Å²) in [5.41, 5.74) is 0.757. The fraction of sp³-hybridized carbons (Fsp3) is 0.632. The number of amides is 1. The number of piperidine rings is 1. The van der Waals surface area contributed by atoms with Gasteiger partial charge in [0.1, 0.15) is 5.75 Å². The van der Waals surface area contributed by atoms with Gasteiger partial charge in [-0.3, -0.25) is 4.79 Å². The average molecular weight is 353 g/mol. The number of carbonyl (C=O) groups excluding carboxylic acids is 1. The minimum atomic E-state index is 0. The number of likely N-dealkylation sites (tertiary alicyclic amines) is 1. The summed E-state index contributed by atoms with van der Waals surface area (Å²) in [6.07, 6.45) is 7.29. The molecule has 1 saturated heterocycles. The number of benzene rings is 1. The molecule has 1 heterocycles. The van der Waals surface area contributed by atoms with E-state index in [0.29, 0.717) is 12.0 Å². The SMILES string of the molecule is CNCC1CCN(C(=O)c2cccc(OC3CCCC3)c2)CC1.Cl. The molecule has 1 amide bonds. The van der Waals surface area contributed by atoms with Gasteiger partial charge in [-0.2, -0.15) is 0 Å². The molecule has 0 atom stereocenters. The number of nitrogens with zero attached hydrogens (tertiary/aromatic N) is 1. The third-order valence-corrected chi connectivity index (χ3v) is 5.08. The van der Waals surface area contributed by atoms with E-state index in [-0.39, 0.29) is 18.3 Å². The molecule has 1 aliphatic carbocycles. The van der Waals surface area contributed by atoms with Crippen molar-refractivity contribution in [1.82, 2.24) is 10.2 Å². The van der Waals surface area contributed by atoms with Crippen molar-refractivity contribution in [3.63, 3.8) is 0 Å². The quantitative estimate of drug-likeness (QED) is 0.881. The molecule has 1 aromatic rings. The summed E-state index contributed by atoms with van der Waals surface area (Å²) in [5.74, 6) is 1.68. The zero-order chi connectivity index (χ0) is 16.1. The van der Waals surface area contributed by atoms with Crippen molar-refractivity contribution >= 4 is 18.3 Å². The predicted octanol–water partition coefficient (Wildman–Crippen LogP) is 3.50. The van der Waals surface area contributed by atoms with Crippen molar-refractivity contribution in [2.75, 3.05) is 26.7 Å². The summed E-state index contributed by atoms with van der Waals surface area (Å²) in [7, 11) is 1.99. The fourth-order valence-corrected chi connectivity index (χ4v) is 3.71. The van der Waals surface area contributed by atoms with Crippen LogP contribution in [-0.4, -0.2) is 43.6 Å². The van der Waals surface area contributed by atoms with Crippen LogP contribution in [0.2, 0.25) is 0 Å². The number of halogens is 1. The highest BCUT2D eigenvalue weighted by Gasteiger charge is 2.24. The van der Waals surface area contributed by atoms with Gasteiger partial charge in [0, 0.05) is 18.7 Å². The van der Waals surface area contributed by atoms with E-state index in [1.165, 1.54) is 12.8 Å². The van der Waals surface area contributed by atoms with Crippen LogP contribution in [0.4, 0.5) is 0 Å². The van der Waals surface area contributed by atoms with E-state index in [1.807, 2.05) is 36.2 Å². The van der Waals surface area contributed by atoms with E-state index >= 15 is 0 Å². The second kappa shape index (κ2) is 9.28. The van der Waals surface area contributed by atoms with Gasteiger partial charge < -0.3 is 15.0 Å². The van der Waals surface area contributed by atoms with Gasteiger partial charge in [0.25, 0.3) is 5.91 Å². The Balaban J connectivity index is 0.00000208. The van der Waals surface area contributed by atoms with Gasteiger partial charge in [0.05, 0.1) is 6.10 Å². The lowest BCUT2D eigenvalue weighted by molar-refractivity contribution is 0.0690. The number of ether oxygens (including phenoxy) is 1. The molecule has 0 radical (unpaired) electrons. The van der Waals surface area contributed by atoms with Crippen molar-refractivity contribution in [2.45, 2.75) is 44.6 Å². The standard InChI is InChI=1S/C19H28N2O2.ClH/c1-20-14-15-9-11-21(12-10-15)19(22)16-5-4-8-18(13-16)23-17-6-2-3-7-17;/h4-5,8,13,15,17,20H,2-3,6-7,9-12,14H2,1H3;1H. The average Bonchev–Trinajstić information content (AvgIpc) is 3.08. The van der Waals surface area contributed by atoms with Gasteiger partial charge in [-0.1, -0.05) is 6.07 Å². The van der Waals surface area contributed by atoms with Gasteiger partial charge in [0.2, 0.25) is 0 Å². The number of rotatable bonds is 5. The molecule has 0 aromatic heterocycles. The van der Waals surface area contributed by atoms with Crippen LogP contribution < -0.4 is 10.1 Å². The molecule has 4 nitrogen and oxygen atoms in total. The van der Waals surface area contributed by atoms with Crippen LogP contribution >= 0.6 is 12.4 Å². The molecule has 134 valence electrons. The zero-order valence-corrected chi connectivity index (χ0v) is 15.3. The lowest BCUT2D eigenvalue weighted by Gasteiger charge is -2.32. The molecule has 5 heteroatoms.